The van der Waals surface area contributed by atoms with Crippen molar-refractivity contribution >= 4 is 21.8 Å². The zero-order valence-electron chi connectivity index (χ0n) is 11.2. The maximum atomic E-state index is 11.7. The fourth-order valence-electron chi connectivity index (χ4n) is 1.76. The Morgan fingerprint density at radius 2 is 1.89 bits per heavy atom. The topological polar surface area (TPSA) is 61.4 Å². The molecule has 1 saturated heterocycles. The lowest BCUT2D eigenvalue weighted by Crippen LogP contribution is -2.40. The zero-order valence-corrected chi connectivity index (χ0v) is 12.8. The van der Waals surface area contributed by atoms with Gasteiger partial charge < -0.3 is 10.2 Å². The predicted molar refractivity (Wildman–Crippen MR) is 78.7 cm³/mol. The van der Waals surface area contributed by atoms with E-state index >= 15 is 0 Å². The summed E-state index contributed by atoms with van der Waals surface area (Å²) >= 11 is 1.96. The number of hydrogen-bond acceptors (Lipinski definition) is 5. The summed E-state index contributed by atoms with van der Waals surface area (Å²) in [6, 6.07) is 0. The molecule has 0 radical (unpaired) electrons. The van der Waals surface area contributed by atoms with E-state index in [4.69, 9.17) is 0 Å². The number of rotatable bonds is 9. The smallest absolute Gasteiger partial charge is 0.212 e. The van der Waals surface area contributed by atoms with Crippen molar-refractivity contribution in [3.63, 3.8) is 0 Å². The van der Waals surface area contributed by atoms with Gasteiger partial charge in [-0.15, -0.1) is 0 Å². The Balaban J connectivity index is 2.08. The van der Waals surface area contributed by atoms with Crippen molar-refractivity contribution in [3.8, 4) is 0 Å². The highest BCUT2D eigenvalue weighted by molar-refractivity contribution is 7.99. The molecule has 0 aliphatic carbocycles. The van der Waals surface area contributed by atoms with Crippen molar-refractivity contribution in [1.29, 1.82) is 0 Å². The Kier molecular flexibility index (Phi) is 8.25. The number of nitrogens with one attached hydrogen (secondary N) is 2. The molecule has 1 rings (SSSR count). The van der Waals surface area contributed by atoms with Gasteiger partial charge >= 0.3 is 0 Å². The van der Waals surface area contributed by atoms with Gasteiger partial charge in [-0.1, -0.05) is 6.92 Å². The predicted octanol–water partition coefficient (Wildman–Crippen LogP) is -0.0458. The van der Waals surface area contributed by atoms with E-state index in [-0.39, 0.29) is 5.75 Å². The molecule has 108 valence electrons. The normalized spacial score (nSPS) is 18.1. The highest BCUT2D eigenvalue weighted by Gasteiger charge is 2.12. The van der Waals surface area contributed by atoms with Crippen molar-refractivity contribution in [3.05, 3.63) is 0 Å². The third kappa shape index (κ3) is 7.58. The van der Waals surface area contributed by atoms with Gasteiger partial charge in [0.25, 0.3) is 0 Å². The molecule has 5 nitrogen and oxygen atoms in total. The summed E-state index contributed by atoms with van der Waals surface area (Å²) in [6.45, 7) is 6.97. The van der Waals surface area contributed by atoms with Crippen molar-refractivity contribution in [2.75, 3.05) is 56.5 Å². The summed E-state index contributed by atoms with van der Waals surface area (Å²) in [4.78, 5) is 2.31. The first kappa shape index (κ1) is 16.2. The molecule has 0 aromatic carbocycles. The van der Waals surface area contributed by atoms with Crippen LogP contribution in [-0.4, -0.2) is 69.8 Å². The molecule has 0 unspecified atom stereocenters. The third-order valence-corrected chi connectivity index (χ3v) is 5.16. The van der Waals surface area contributed by atoms with Gasteiger partial charge in [0.15, 0.2) is 0 Å². The van der Waals surface area contributed by atoms with Crippen LogP contribution in [0.15, 0.2) is 0 Å². The maximum Gasteiger partial charge on any atom is 0.212 e. The molecule has 0 amide bonds. The zero-order chi connectivity index (χ0) is 13.3. The average Bonchev–Trinajstić information content (AvgIpc) is 2.36. The van der Waals surface area contributed by atoms with Crippen LogP contribution >= 0.6 is 11.8 Å². The van der Waals surface area contributed by atoms with E-state index in [1.165, 1.54) is 0 Å². The van der Waals surface area contributed by atoms with Crippen LogP contribution in [0.2, 0.25) is 0 Å². The lowest BCUT2D eigenvalue weighted by Gasteiger charge is -2.25. The third-order valence-electron chi connectivity index (χ3n) is 2.83. The standard InChI is InChI=1S/C11H25N3O2S2/c1-2-3-12-5-11-18(15,16)13-4-6-14-7-9-17-10-8-14/h12-13H,2-11H2,1H3. The Morgan fingerprint density at radius 3 is 2.56 bits per heavy atom. The molecule has 2 N–H and O–H groups in total. The summed E-state index contributed by atoms with van der Waals surface area (Å²) < 4.78 is 26.0. The Labute approximate surface area is 115 Å². The second-order valence-corrected chi connectivity index (χ2v) is 7.57. The lowest BCUT2D eigenvalue weighted by molar-refractivity contribution is 0.307. The summed E-state index contributed by atoms with van der Waals surface area (Å²) in [5.74, 6) is 2.49. The van der Waals surface area contributed by atoms with Gasteiger partial charge in [-0.25, -0.2) is 13.1 Å². The summed E-state index contributed by atoms with van der Waals surface area (Å²) in [7, 11) is -3.11. The molecule has 0 aromatic rings. The van der Waals surface area contributed by atoms with Gasteiger partial charge in [-0.05, 0) is 13.0 Å². The Morgan fingerprint density at radius 1 is 1.17 bits per heavy atom. The summed E-state index contributed by atoms with van der Waals surface area (Å²) in [5.41, 5.74) is 0. The van der Waals surface area contributed by atoms with Gasteiger partial charge in [0.1, 0.15) is 0 Å². The molecular weight excluding hydrogens is 270 g/mol. The first-order chi connectivity index (χ1) is 8.64. The highest BCUT2D eigenvalue weighted by Crippen LogP contribution is 2.07. The molecule has 7 heteroatoms. The first-order valence-corrected chi connectivity index (χ1v) is 9.43. The minimum atomic E-state index is -3.11. The molecule has 1 heterocycles. The summed E-state index contributed by atoms with van der Waals surface area (Å²) in [6.07, 6.45) is 1.03. The highest BCUT2D eigenvalue weighted by atomic mass is 32.2. The van der Waals surface area contributed by atoms with Gasteiger partial charge in [0.05, 0.1) is 5.75 Å². The molecule has 0 spiro atoms. The molecule has 0 atom stereocenters. The van der Waals surface area contributed by atoms with Crippen LogP contribution in [0, 0.1) is 0 Å². The van der Waals surface area contributed by atoms with E-state index in [2.05, 4.69) is 21.9 Å². The molecule has 18 heavy (non-hydrogen) atoms. The summed E-state index contributed by atoms with van der Waals surface area (Å²) in [5, 5.41) is 3.10. The van der Waals surface area contributed by atoms with Crippen LogP contribution in [-0.2, 0) is 10.0 Å². The van der Waals surface area contributed by atoms with E-state index in [1.54, 1.807) is 0 Å². The maximum absolute atomic E-state index is 11.7. The average molecular weight is 295 g/mol. The van der Waals surface area contributed by atoms with Crippen LogP contribution < -0.4 is 10.0 Å². The molecule has 0 saturated carbocycles. The second kappa shape index (κ2) is 9.14. The molecule has 0 aromatic heterocycles. The largest absolute Gasteiger partial charge is 0.316 e. The van der Waals surface area contributed by atoms with Crippen LogP contribution in [0.25, 0.3) is 0 Å². The second-order valence-electron chi connectivity index (χ2n) is 4.42. The molecule has 1 fully saturated rings. The van der Waals surface area contributed by atoms with Gasteiger partial charge in [-0.3, -0.25) is 0 Å². The van der Waals surface area contributed by atoms with Crippen molar-refractivity contribution in [1.82, 2.24) is 14.9 Å². The monoisotopic (exact) mass is 295 g/mol. The van der Waals surface area contributed by atoms with Crippen molar-refractivity contribution < 1.29 is 8.42 Å². The SMILES string of the molecule is CCCNCCS(=O)(=O)NCCN1CCSCC1. The number of thioether (sulfide) groups is 1. The van der Waals surface area contributed by atoms with E-state index < -0.39 is 10.0 Å². The van der Waals surface area contributed by atoms with E-state index in [1.807, 2.05) is 11.8 Å². The molecule has 1 aliphatic rings. The fourth-order valence-corrected chi connectivity index (χ4v) is 3.70. The van der Waals surface area contributed by atoms with E-state index in [0.29, 0.717) is 13.1 Å². The quantitative estimate of drug-likeness (QED) is 0.584. The van der Waals surface area contributed by atoms with Gasteiger partial charge in [0, 0.05) is 44.2 Å². The van der Waals surface area contributed by atoms with Crippen molar-refractivity contribution in [2.24, 2.45) is 0 Å². The Bertz CT molecular complexity index is 303. The van der Waals surface area contributed by atoms with Gasteiger partial charge in [-0.2, -0.15) is 11.8 Å². The number of hydrogen-bond donors (Lipinski definition) is 2. The van der Waals surface area contributed by atoms with E-state index in [0.717, 1.165) is 44.1 Å². The van der Waals surface area contributed by atoms with Crippen LogP contribution in [0.4, 0.5) is 0 Å². The fraction of sp³-hybridized carbons (Fsp3) is 1.00. The van der Waals surface area contributed by atoms with Crippen LogP contribution in [0.1, 0.15) is 13.3 Å². The molecule has 1 aliphatic heterocycles. The first-order valence-electron chi connectivity index (χ1n) is 6.62. The molecular formula is C11H25N3O2S2. The minimum absolute atomic E-state index is 0.169. The van der Waals surface area contributed by atoms with Crippen LogP contribution in [0.5, 0.6) is 0 Å². The van der Waals surface area contributed by atoms with Crippen LogP contribution in [0.3, 0.4) is 0 Å². The number of nitrogens with zero attached hydrogens (tertiary/aromatic N) is 1. The van der Waals surface area contributed by atoms with Gasteiger partial charge in [0.2, 0.25) is 10.0 Å². The minimum Gasteiger partial charge on any atom is -0.316 e. The Hall–Kier alpha value is 0.180. The lowest BCUT2D eigenvalue weighted by atomic mass is 10.5. The van der Waals surface area contributed by atoms with E-state index in [9.17, 15) is 8.42 Å². The van der Waals surface area contributed by atoms with Crippen molar-refractivity contribution in [2.45, 2.75) is 13.3 Å². The molecule has 0 bridgehead atoms. The number of sulfonamides is 1.